The van der Waals surface area contributed by atoms with Crippen molar-refractivity contribution in [3.63, 3.8) is 0 Å². The van der Waals surface area contributed by atoms with Crippen molar-refractivity contribution in [3.05, 3.63) is 107 Å². The van der Waals surface area contributed by atoms with Gasteiger partial charge >= 0.3 is 0 Å². The highest BCUT2D eigenvalue weighted by Gasteiger charge is 2.54. The van der Waals surface area contributed by atoms with Crippen molar-refractivity contribution in [1.82, 2.24) is 4.98 Å². The Bertz CT molecular complexity index is 1490. The molecule has 3 saturated heterocycles. The molecule has 3 fully saturated rings. The first kappa shape index (κ1) is 25.6. The van der Waals surface area contributed by atoms with Gasteiger partial charge in [-0.3, -0.25) is 4.98 Å². The number of fused-ring (bicyclic) bond motifs is 4. The Kier molecular flexibility index (Phi) is 7.08. The Labute approximate surface area is 230 Å². The number of rotatable bonds is 8. The Morgan fingerprint density at radius 2 is 1.90 bits per heavy atom. The lowest BCUT2D eigenvalue weighted by atomic mass is 9.70. The molecule has 5 nitrogen and oxygen atoms in total. The summed E-state index contributed by atoms with van der Waals surface area (Å²) in [6.07, 6.45) is 4.58. The van der Waals surface area contributed by atoms with Gasteiger partial charge in [0.25, 0.3) is 0 Å². The molecule has 39 heavy (non-hydrogen) atoms. The molecule has 1 N–H and O–H groups in total. The van der Waals surface area contributed by atoms with Gasteiger partial charge in [0, 0.05) is 35.9 Å². The van der Waals surface area contributed by atoms with Crippen LogP contribution in [0, 0.1) is 23.2 Å². The second-order valence-corrected chi connectivity index (χ2v) is 11.4. The monoisotopic (exact) mass is 518 g/mol. The minimum Gasteiger partial charge on any atom is -0.489 e. The SMILES string of the molecule is CC[C@H]1C[N@+]2(Cc3ccc(OCc4ccccc4)cc3C#N)CC[C@H]1C[C@H]2[C@H](O)c1ccnc2ccccc12. The average Bonchev–Trinajstić information content (AvgIpc) is 3.00. The lowest BCUT2D eigenvalue weighted by Gasteiger charge is -2.58. The summed E-state index contributed by atoms with van der Waals surface area (Å²) in [6.45, 7) is 5.59. The summed E-state index contributed by atoms with van der Waals surface area (Å²) in [7, 11) is 0. The standard InChI is InChI=1S/C34H36N3O2/c1-2-25-21-37(22-27-12-13-29(18-28(27)20-35)39-23-24-8-4-3-5-9-24)17-15-26(25)19-33(37)34(38)31-14-16-36-32-11-7-6-10-30(31)32/h3-14,16,18,25-26,33-34,38H,2,15,17,19,21-23H2,1H3/q+1/t25-,26-,33-,34+,37-/m0/s1. The molecular weight excluding hydrogens is 482 g/mol. The molecule has 0 saturated carbocycles. The lowest BCUT2D eigenvalue weighted by molar-refractivity contribution is -0.985. The number of aromatic nitrogens is 1. The third kappa shape index (κ3) is 4.91. The molecule has 7 rings (SSSR count). The molecule has 4 aromatic rings. The van der Waals surface area contributed by atoms with Gasteiger partial charge in [-0.05, 0) is 53.8 Å². The summed E-state index contributed by atoms with van der Waals surface area (Å²) >= 11 is 0. The van der Waals surface area contributed by atoms with Crippen molar-refractivity contribution in [2.45, 2.75) is 51.5 Å². The van der Waals surface area contributed by atoms with Gasteiger partial charge in [-0.2, -0.15) is 5.26 Å². The normalized spacial score (nSPS) is 24.8. The highest BCUT2D eigenvalue weighted by Crippen LogP contribution is 2.48. The number of benzene rings is 3. The van der Waals surface area contributed by atoms with Crippen molar-refractivity contribution in [2.75, 3.05) is 13.1 Å². The molecule has 5 atom stereocenters. The first-order chi connectivity index (χ1) is 19.1. The number of ether oxygens (including phenoxy) is 1. The lowest BCUT2D eigenvalue weighted by Crippen LogP contribution is -2.67. The summed E-state index contributed by atoms with van der Waals surface area (Å²) in [4.78, 5) is 4.53. The van der Waals surface area contributed by atoms with Crippen LogP contribution in [0.25, 0.3) is 10.9 Å². The number of nitrogens with zero attached hydrogens (tertiary/aromatic N) is 3. The predicted molar refractivity (Wildman–Crippen MR) is 153 cm³/mol. The summed E-state index contributed by atoms with van der Waals surface area (Å²) in [5, 5.41) is 23.1. The van der Waals surface area contributed by atoms with Gasteiger partial charge in [-0.25, -0.2) is 0 Å². The van der Waals surface area contributed by atoms with Crippen molar-refractivity contribution >= 4 is 10.9 Å². The van der Waals surface area contributed by atoms with Gasteiger partial charge < -0.3 is 14.3 Å². The molecular formula is C34H36N3O2+. The molecule has 0 unspecified atom stereocenters. The minimum atomic E-state index is -0.586. The molecule has 3 aliphatic heterocycles. The van der Waals surface area contributed by atoms with Crippen molar-refractivity contribution in [2.24, 2.45) is 11.8 Å². The summed E-state index contributed by atoms with van der Waals surface area (Å²) in [5.74, 6) is 2.00. The number of aliphatic hydroxyl groups is 1. The zero-order chi connectivity index (χ0) is 26.8. The van der Waals surface area contributed by atoms with E-state index in [4.69, 9.17) is 4.74 Å². The molecule has 0 aliphatic carbocycles. The van der Waals surface area contributed by atoms with E-state index in [0.29, 0.717) is 29.8 Å². The van der Waals surface area contributed by atoms with E-state index in [0.717, 1.165) is 64.6 Å². The van der Waals surface area contributed by atoms with Gasteiger partial charge in [-0.15, -0.1) is 0 Å². The van der Waals surface area contributed by atoms with E-state index in [2.05, 4.69) is 30.1 Å². The van der Waals surface area contributed by atoms with Crippen molar-refractivity contribution in [1.29, 1.82) is 5.26 Å². The molecule has 4 heterocycles. The summed E-state index contributed by atoms with van der Waals surface area (Å²) in [6, 6.07) is 28.6. The van der Waals surface area contributed by atoms with Crippen LogP contribution in [0.1, 0.15) is 54.5 Å². The molecule has 2 bridgehead atoms. The van der Waals surface area contributed by atoms with E-state index in [1.54, 1.807) is 0 Å². The molecule has 5 heteroatoms. The molecule has 198 valence electrons. The molecule has 0 spiro atoms. The predicted octanol–water partition coefficient (Wildman–Crippen LogP) is 6.55. The Morgan fingerprint density at radius 1 is 1.08 bits per heavy atom. The third-order valence-corrected chi connectivity index (χ3v) is 9.28. The van der Waals surface area contributed by atoms with Crippen LogP contribution in [0.15, 0.2) is 85.1 Å². The minimum absolute atomic E-state index is 0.0814. The van der Waals surface area contributed by atoms with E-state index < -0.39 is 6.10 Å². The number of nitriles is 1. The van der Waals surface area contributed by atoms with E-state index in [-0.39, 0.29) is 6.04 Å². The van der Waals surface area contributed by atoms with Crippen LogP contribution in [0.3, 0.4) is 0 Å². The fraction of sp³-hybridized carbons (Fsp3) is 0.353. The van der Waals surface area contributed by atoms with Gasteiger partial charge in [0.15, 0.2) is 0 Å². The average molecular weight is 519 g/mol. The van der Waals surface area contributed by atoms with Crippen LogP contribution in [0.2, 0.25) is 0 Å². The van der Waals surface area contributed by atoms with Crippen LogP contribution in [-0.4, -0.2) is 33.7 Å². The van der Waals surface area contributed by atoms with Crippen molar-refractivity contribution < 1.29 is 14.3 Å². The number of hydrogen-bond acceptors (Lipinski definition) is 4. The zero-order valence-corrected chi connectivity index (χ0v) is 22.5. The Hall–Kier alpha value is -3.72. The first-order valence-corrected chi connectivity index (χ1v) is 14.2. The van der Waals surface area contributed by atoms with E-state index in [1.165, 1.54) is 6.42 Å². The topological polar surface area (TPSA) is 66.1 Å². The van der Waals surface area contributed by atoms with E-state index in [9.17, 15) is 10.4 Å². The third-order valence-electron chi connectivity index (χ3n) is 9.28. The zero-order valence-electron chi connectivity index (χ0n) is 22.5. The quantitative estimate of drug-likeness (QED) is 0.269. The van der Waals surface area contributed by atoms with E-state index in [1.807, 2.05) is 72.9 Å². The maximum atomic E-state index is 12.0. The summed E-state index contributed by atoms with van der Waals surface area (Å²) < 4.78 is 6.85. The number of para-hydroxylation sites is 1. The Balaban J connectivity index is 1.31. The van der Waals surface area contributed by atoms with Gasteiger partial charge in [0.1, 0.15) is 31.0 Å². The number of piperidine rings is 3. The fourth-order valence-electron chi connectivity index (χ4n) is 7.21. The molecule has 1 aromatic heterocycles. The second kappa shape index (κ2) is 10.8. The Morgan fingerprint density at radius 3 is 2.72 bits per heavy atom. The molecule has 3 aromatic carbocycles. The highest BCUT2D eigenvalue weighted by molar-refractivity contribution is 5.82. The molecule has 3 aliphatic rings. The van der Waals surface area contributed by atoms with Gasteiger partial charge in [0.05, 0.1) is 30.2 Å². The van der Waals surface area contributed by atoms with Crippen LogP contribution in [0.5, 0.6) is 5.75 Å². The van der Waals surface area contributed by atoms with Gasteiger partial charge in [-0.1, -0.05) is 55.5 Å². The highest BCUT2D eigenvalue weighted by atomic mass is 16.5. The number of pyridine rings is 1. The first-order valence-electron chi connectivity index (χ1n) is 14.2. The van der Waals surface area contributed by atoms with Crippen LogP contribution >= 0.6 is 0 Å². The van der Waals surface area contributed by atoms with Crippen LogP contribution < -0.4 is 4.74 Å². The maximum Gasteiger partial charge on any atom is 0.131 e. The number of aliphatic hydroxyl groups excluding tert-OH is 1. The van der Waals surface area contributed by atoms with Crippen LogP contribution in [0.4, 0.5) is 0 Å². The van der Waals surface area contributed by atoms with Crippen molar-refractivity contribution in [3.8, 4) is 11.8 Å². The largest absolute Gasteiger partial charge is 0.489 e. The van der Waals surface area contributed by atoms with E-state index >= 15 is 0 Å². The fourth-order valence-corrected chi connectivity index (χ4v) is 7.21. The smallest absolute Gasteiger partial charge is 0.131 e. The number of quaternary nitrogens is 1. The molecule has 0 amide bonds. The van der Waals surface area contributed by atoms with Gasteiger partial charge in [0.2, 0.25) is 0 Å². The maximum absolute atomic E-state index is 12.0. The summed E-state index contributed by atoms with van der Waals surface area (Å²) in [5.41, 5.74) is 4.68. The van der Waals surface area contributed by atoms with Crippen LogP contribution in [-0.2, 0) is 13.2 Å². The number of hydrogen-bond donors (Lipinski definition) is 1. The second-order valence-electron chi connectivity index (χ2n) is 11.4. The molecule has 0 radical (unpaired) electrons.